The van der Waals surface area contributed by atoms with E-state index in [4.69, 9.17) is 0 Å². The minimum absolute atomic E-state index is 0.0312. The first kappa shape index (κ1) is 14.9. The van der Waals surface area contributed by atoms with Crippen LogP contribution in [0.1, 0.15) is 30.6 Å². The molecule has 0 fully saturated rings. The van der Waals surface area contributed by atoms with Gasteiger partial charge in [-0.05, 0) is 12.3 Å². The highest BCUT2D eigenvalue weighted by Gasteiger charge is 2.28. The Kier molecular flexibility index (Phi) is 4.44. The third-order valence-corrected chi connectivity index (χ3v) is 2.55. The van der Waals surface area contributed by atoms with E-state index in [1.165, 1.54) is 0 Å². The van der Waals surface area contributed by atoms with Gasteiger partial charge in [0.2, 0.25) is 0 Å². The van der Waals surface area contributed by atoms with Crippen molar-refractivity contribution in [3.63, 3.8) is 0 Å². The summed E-state index contributed by atoms with van der Waals surface area (Å²) in [6.45, 7) is 3.58. The van der Waals surface area contributed by atoms with Crippen LogP contribution in [0.15, 0.2) is 12.1 Å². The molecule has 0 spiro atoms. The summed E-state index contributed by atoms with van der Waals surface area (Å²) < 4.78 is 0. The zero-order valence-electron chi connectivity index (χ0n) is 10.5. The molecule has 0 saturated heterocycles. The first-order chi connectivity index (χ1) is 8.73. The van der Waals surface area contributed by atoms with Gasteiger partial charge in [0.1, 0.15) is 11.7 Å². The Hall–Kier alpha value is -2.15. The molecule has 0 aliphatic heterocycles. The van der Waals surface area contributed by atoms with Gasteiger partial charge in [-0.3, -0.25) is 14.9 Å². The molecule has 0 aromatic heterocycles. The molecule has 3 N–H and O–H groups in total. The van der Waals surface area contributed by atoms with E-state index in [1.54, 1.807) is 13.8 Å². The number of ketones is 1. The fourth-order valence-electron chi connectivity index (χ4n) is 1.65. The molecular formula is C12H15NO6. The van der Waals surface area contributed by atoms with Crippen LogP contribution in [0, 0.1) is 16.0 Å². The van der Waals surface area contributed by atoms with Crippen LogP contribution in [0.25, 0.3) is 0 Å². The number of nitro benzene ring substituents is 1. The highest BCUT2D eigenvalue weighted by Crippen LogP contribution is 2.33. The number of benzene rings is 1. The van der Waals surface area contributed by atoms with E-state index in [0.717, 1.165) is 6.07 Å². The van der Waals surface area contributed by atoms with E-state index in [1.807, 2.05) is 0 Å². The Balaban J connectivity index is 3.21. The Labute approximate surface area is 109 Å². The second-order valence-corrected chi connectivity index (χ2v) is 4.62. The second kappa shape index (κ2) is 5.66. The van der Waals surface area contributed by atoms with E-state index in [-0.39, 0.29) is 12.3 Å². The van der Waals surface area contributed by atoms with Crippen LogP contribution >= 0.6 is 0 Å². The lowest BCUT2D eigenvalue weighted by molar-refractivity contribution is -0.385. The van der Waals surface area contributed by atoms with Crippen LogP contribution in [0.3, 0.4) is 0 Å². The van der Waals surface area contributed by atoms with Gasteiger partial charge in [0.05, 0.1) is 11.0 Å². The third kappa shape index (κ3) is 3.41. The number of nitrogens with zero attached hydrogens (tertiary/aromatic N) is 1. The second-order valence-electron chi connectivity index (χ2n) is 4.62. The topological polar surface area (TPSA) is 121 Å². The van der Waals surface area contributed by atoms with E-state index in [2.05, 4.69) is 0 Å². The molecule has 1 rings (SSSR count). The number of phenolic OH excluding ortho intramolecular Hbond substituents is 2. The molecule has 7 heteroatoms. The number of carbonyl (C=O) groups is 1. The highest BCUT2D eigenvalue weighted by molar-refractivity contribution is 6.03. The SMILES string of the molecule is CC(C)CC(O)C(=O)c1cc(O)c(O)cc1[N+](=O)[O-]. The van der Waals surface area contributed by atoms with Gasteiger partial charge >= 0.3 is 0 Å². The molecule has 1 aromatic carbocycles. The van der Waals surface area contributed by atoms with Crippen molar-refractivity contribution in [2.75, 3.05) is 0 Å². The normalized spacial score (nSPS) is 12.4. The first-order valence-corrected chi connectivity index (χ1v) is 5.66. The molecule has 0 aliphatic carbocycles. The predicted octanol–water partition coefficient (Wildman–Crippen LogP) is 1.60. The number of rotatable bonds is 5. The number of aliphatic hydroxyl groups excluding tert-OH is 1. The standard InChI is InChI=1S/C12H15NO6/c1-6(2)3-11(16)12(17)7-4-9(14)10(15)5-8(7)13(18)19/h4-6,11,14-16H,3H2,1-2H3. The van der Waals surface area contributed by atoms with Gasteiger partial charge in [-0.25, -0.2) is 0 Å². The van der Waals surface area contributed by atoms with Gasteiger partial charge in [-0.1, -0.05) is 13.8 Å². The Morgan fingerprint density at radius 2 is 1.84 bits per heavy atom. The Bertz CT molecular complexity index is 511. The van der Waals surface area contributed by atoms with E-state index in [9.17, 15) is 30.2 Å². The van der Waals surface area contributed by atoms with Crippen LogP contribution in [-0.2, 0) is 0 Å². The Morgan fingerprint density at radius 3 is 2.32 bits per heavy atom. The average Bonchev–Trinajstić information content (AvgIpc) is 2.29. The molecule has 1 atom stereocenters. The molecule has 0 aliphatic rings. The monoisotopic (exact) mass is 269 g/mol. The lowest BCUT2D eigenvalue weighted by atomic mass is 9.97. The molecule has 0 bridgehead atoms. The lowest BCUT2D eigenvalue weighted by Gasteiger charge is -2.12. The largest absolute Gasteiger partial charge is 0.504 e. The van der Waals surface area contributed by atoms with Crippen LogP contribution in [0.5, 0.6) is 11.5 Å². The average molecular weight is 269 g/mol. The molecule has 7 nitrogen and oxygen atoms in total. The van der Waals surface area contributed by atoms with Crippen molar-refractivity contribution >= 4 is 11.5 Å². The maximum Gasteiger partial charge on any atom is 0.284 e. The smallest absolute Gasteiger partial charge is 0.284 e. The number of carbonyl (C=O) groups excluding carboxylic acids is 1. The number of Topliss-reactive ketones (excluding diaryl/α,β-unsaturated/α-hetero) is 1. The maximum atomic E-state index is 11.9. The van der Waals surface area contributed by atoms with Crippen LogP contribution in [0.2, 0.25) is 0 Å². The number of nitro groups is 1. The molecule has 0 amide bonds. The Morgan fingerprint density at radius 1 is 1.32 bits per heavy atom. The van der Waals surface area contributed by atoms with Crippen LogP contribution < -0.4 is 0 Å². The minimum Gasteiger partial charge on any atom is -0.504 e. The van der Waals surface area contributed by atoms with E-state index < -0.39 is 39.6 Å². The van der Waals surface area contributed by atoms with Crippen molar-refractivity contribution in [3.05, 3.63) is 27.8 Å². The number of phenols is 2. The van der Waals surface area contributed by atoms with E-state index >= 15 is 0 Å². The number of aliphatic hydroxyl groups is 1. The van der Waals surface area contributed by atoms with Crippen molar-refractivity contribution in [1.82, 2.24) is 0 Å². The summed E-state index contributed by atoms with van der Waals surface area (Å²) in [5.41, 5.74) is -1.07. The summed E-state index contributed by atoms with van der Waals surface area (Å²) in [4.78, 5) is 21.9. The van der Waals surface area contributed by atoms with E-state index in [0.29, 0.717) is 6.07 Å². The van der Waals surface area contributed by atoms with Crippen molar-refractivity contribution in [3.8, 4) is 11.5 Å². The molecule has 104 valence electrons. The van der Waals surface area contributed by atoms with Crippen molar-refractivity contribution in [2.24, 2.45) is 5.92 Å². The zero-order chi connectivity index (χ0) is 14.7. The zero-order valence-corrected chi connectivity index (χ0v) is 10.5. The summed E-state index contributed by atoms with van der Waals surface area (Å²) in [6.07, 6.45) is -1.24. The fourth-order valence-corrected chi connectivity index (χ4v) is 1.65. The number of hydrogen-bond acceptors (Lipinski definition) is 6. The quantitative estimate of drug-likeness (QED) is 0.323. The van der Waals surface area contributed by atoms with Gasteiger partial charge in [0, 0.05) is 6.07 Å². The predicted molar refractivity (Wildman–Crippen MR) is 66.2 cm³/mol. The van der Waals surface area contributed by atoms with Crippen LogP contribution in [-0.4, -0.2) is 32.1 Å². The first-order valence-electron chi connectivity index (χ1n) is 5.66. The van der Waals surface area contributed by atoms with Gasteiger partial charge in [0.25, 0.3) is 5.69 Å². The van der Waals surface area contributed by atoms with Gasteiger partial charge < -0.3 is 15.3 Å². The van der Waals surface area contributed by atoms with Gasteiger partial charge in [-0.15, -0.1) is 0 Å². The number of aromatic hydroxyl groups is 2. The molecule has 0 heterocycles. The van der Waals surface area contributed by atoms with Crippen molar-refractivity contribution in [1.29, 1.82) is 0 Å². The summed E-state index contributed by atoms with van der Waals surface area (Å²) in [7, 11) is 0. The van der Waals surface area contributed by atoms with Gasteiger partial charge in [0.15, 0.2) is 17.3 Å². The fraction of sp³-hybridized carbons (Fsp3) is 0.417. The maximum absolute atomic E-state index is 11.9. The lowest BCUT2D eigenvalue weighted by Crippen LogP contribution is -2.23. The molecule has 1 unspecified atom stereocenters. The highest BCUT2D eigenvalue weighted by atomic mass is 16.6. The molecular weight excluding hydrogens is 254 g/mol. The molecule has 19 heavy (non-hydrogen) atoms. The van der Waals surface area contributed by atoms with Gasteiger partial charge in [-0.2, -0.15) is 0 Å². The summed E-state index contributed by atoms with van der Waals surface area (Å²) in [5, 5.41) is 39.0. The number of hydrogen-bond donors (Lipinski definition) is 3. The summed E-state index contributed by atoms with van der Waals surface area (Å²) in [6, 6.07) is 1.48. The molecule has 0 saturated carbocycles. The molecule has 1 aromatic rings. The summed E-state index contributed by atoms with van der Waals surface area (Å²) >= 11 is 0. The van der Waals surface area contributed by atoms with Crippen molar-refractivity contribution in [2.45, 2.75) is 26.4 Å². The minimum atomic E-state index is -1.39. The van der Waals surface area contributed by atoms with Crippen LogP contribution in [0.4, 0.5) is 5.69 Å². The van der Waals surface area contributed by atoms with Crippen molar-refractivity contribution < 1.29 is 25.0 Å². The summed E-state index contributed by atoms with van der Waals surface area (Å²) in [5.74, 6) is -2.16. The molecule has 0 radical (unpaired) electrons. The third-order valence-electron chi connectivity index (χ3n) is 2.55.